The predicted octanol–water partition coefficient (Wildman–Crippen LogP) is 4.09. The lowest BCUT2D eigenvalue weighted by atomic mass is 9.94. The van der Waals surface area contributed by atoms with Gasteiger partial charge in [0.15, 0.2) is 0 Å². The summed E-state index contributed by atoms with van der Waals surface area (Å²) in [5.41, 5.74) is 2.24. The van der Waals surface area contributed by atoms with Gasteiger partial charge in [0.05, 0.1) is 0 Å². The molecule has 0 aromatic heterocycles. The molecule has 0 spiro atoms. The standard InChI is InChI=1S/C27H25N3O4/c31-23(28-20-13-11-19(12-14-20)25(32)29-15-1-2-16-29)10-5-17-30-26(33)21-8-3-6-18-7-4-9-22(24(18)21)27(30)34/h3-4,6-9,11-14H,1-2,5,10,15-17H2,(H,28,31). The number of carbonyl (C=O) groups is 4. The molecule has 0 bridgehead atoms. The second-order valence-electron chi connectivity index (χ2n) is 8.70. The molecule has 2 heterocycles. The molecule has 3 aromatic carbocycles. The summed E-state index contributed by atoms with van der Waals surface area (Å²) >= 11 is 0. The van der Waals surface area contributed by atoms with E-state index < -0.39 is 0 Å². The number of amides is 4. The third-order valence-electron chi connectivity index (χ3n) is 6.45. The van der Waals surface area contributed by atoms with Gasteiger partial charge in [0.2, 0.25) is 5.91 Å². The summed E-state index contributed by atoms with van der Waals surface area (Å²) in [5, 5.41) is 4.38. The highest BCUT2D eigenvalue weighted by atomic mass is 16.2. The molecule has 0 aliphatic carbocycles. The highest BCUT2D eigenvalue weighted by molar-refractivity contribution is 6.25. The Balaban J connectivity index is 1.17. The number of nitrogens with zero attached hydrogens (tertiary/aromatic N) is 2. The summed E-state index contributed by atoms with van der Waals surface area (Å²) in [6.07, 6.45) is 2.59. The molecule has 3 aromatic rings. The molecule has 0 radical (unpaired) electrons. The van der Waals surface area contributed by atoms with Crippen molar-refractivity contribution >= 4 is 40.1 Å². The van der Waals surface area contributed by atoms with E-state index >= 15 is 0 Å². The molecule has 7 heteroatoms. The lowest BCUT2D eigenvalue weighted by molar-refractivity contribution is -0.116. The first-order valence-electron chi connectivity index (χ1n) is 11.6. The van der Waals surface area contributed by atoms with E-state index in [9.17, 15) is 19.2 Å². The van der Waals surface area contributed by atoms with Gasteiger partial charge in [-0.2, -0.15) is 0 Å². The Kier molecular flexibility index (Phi) is 5.84. The van der Waals surface area contributed by atoms with Crippen LogP contribution >= 0.6 is 0 Å². The molecule has 0 unspecified atom stereocenters. The van der Waals surface area contributed by atoms with E-state index in [2.05, 4.69) is 5.32 Å². The van der Waals surface area contributed by atoms with Gasteiger partial charge in [-0.1, -0.05) is 24.3 Å². The zero-order chi connectivity index (χ0) is 23.7. The van der Waals surface area contributed by atoms with Crippen LogP contribution in [0.15, 0.2) is 60.7 Å². The molecule has 7 nitrogen and oxygen atoms in total. The monoisotopic (exact) mass is 455 g/mol. The fourth-order valence-corrected chi connectivity index (χ4v) is 4.70. The Morgan fingerprint density at radius 3 is 2.06 bits per heavy atom. The van der Waals surface area contributed by atoms with Crippen molar-refractivity contribution in [3.63, 3.8) is 0 Å². The number of nitrogens with one attached hydrogen (secondary N) is 1. The Morgan fingerprint density at radius 1 is 0.824 bits per heavy atom. The number of anilines is 1. The van der Waals surface area contributed by atoms with Crippen LogP contribution in [0.25, 0.3) is 10.8 Å². The van der Waals surface area contributed by atoms with Crippen LogP contribution in [0.5, 0.6) is 0 Å². The highest BCUT2D eigenvalue weighted by Crippen LogP contribution is 2.30. The van der Waals surface area contributed by atoms with E-state index in [-0.39, 0.29) is 36.6 Å². The molecule has 4 amide bonds. The Bertz CT molecular complexity index is 1240. The van der Waals surface area contributed by atoms with Gasteiger partial charge in [0.1, 0.15) is 0 Å². The van der Waals surface area contributed by atoms with E-state index in [1.54, 1.807) is 36.4 Å². The minimum Gasteiger partial charge on any atom is -0.339 e. The molecule has 5 rings (SSSR count). The minimum absolute atomic E-state index is 0.0171. The first-order valence-corrected chi connectivity index (χ1v) is 11.6. The van der Waals surface area contributed by atoms with Gasteiger partial charge in [-0.3, -0.25) is 24.1 Å². The maximum Gasteiger partial charge on any atom is 0.261 e. The van der Waals surface area contributed by atoms with Crippen molar-refractivity contribution in [2.24, 2.45) is 0 Å². The summed E-state index contributed by atoms with van der Waals surface area (Å²) in [7, 11) is 0. The number of carbonyl (C=O) groups excluding carboxylic acids is 4. The summed E-state index contributed by atoms with van der Waals surface area (Å²) in [6.45, 7) is 1.75. The van der Waals surface area contributed by atoms with Crippen LogP contribution < -0.4 is 5.32 Å². The van der Waals surface area contributed by atoms with E-state index in [4.69, 9.17) is 0 Å². The Morgan fingerprint density at radius 2 is 1.44 bits per heavy atom. The van der Waals surface area contributed by atoms with Gasteiger partial charge in [0.25, 0.3) is 17.7 Å². The van der Waals surface area contributed by atoms with E-state index in [0.29, 0.717) is 34.2 Å². The maximum absolute atomic E-state index is 12.9. The van der Waals surface area contributed by atoms with Gasteiger partial charge < -0.3 is 10.2 Å². The molecule has 2 aliphatic heterocycles. The van der Waals surface area contributed by atoms with Crippen molar-refractivity contribution in [2.75, 3.05) is 25.0 Å². The summed E-state index contributed by atoms with van der Waals surface area (Å²) in [5.74, 6) is -0.845. The zero-order valence-electron chi connectivity index (χ0n) is 18.8. The topological polar surface area (TPSA) is 86.8 Å². The van der Waals surface area contributed by atoms with Crippen LogP contribution in [0.2, 0.25) is 0 Å². The molecular weight excluding hydrogens is 430 g/mol. The lowest BCUT2D eigenvalue weighted by Crippen LogP contribution is -2.41. The fraction of sp³-hybridized carbons (Fsp3) is 0.259. The molecule has 172 valence electrons. The normalized spacial score (nSPS) is 15.2. The molecule has 2 aliphatic rings. The lowest BCUT2D eigenvalue weighted by Gasteiger charge is -2.27. The Hall–Kier alpha value is -4.00. The average molecular weight is 456 g/mol. The van der Waals surface area contributed by atoms with Gasteiger partial charge in [-0.05, 0) is 61.0 Å². The van der Waals surface area contributed by atoms with Crippen LogP contribution in [-0.4, -0.2) is 53.1 Å². The van der Waals surface area contributed by atoms with Crippen molar-refractivity contribution < 1.29 is 19.2 Å². The highest BCUT2D eigenvalue weighted by Gasteiger charge is 2.32. The smallest absolute Gasteiger partial charge is 0.261 e. The van der Waals surface area contributed by atoms with Crippen LogP contribution in [-0.2, 0) is 4.79 Å². The van der Waals surface area contributed by atoms with Crippen LogP contribution in [0.3, 0.4) is 0 Å². The molecule has 1 saturated heterocycles. The van der Waals surface area contributed by atoms with Crippen molar-refractivity contribution in [1.29, 1.82) is 0 Å². The third-order valence-corrected chi connectivity index (χ3v) is 6.45. The molecule has 0 saturated carbocycles. The van der Waals surface area contributed by atoms with E-state index in [0.717, 1.165) is 31.3 Å². The van der Waals surface area contributed by atoms with Crippen LogP contribution in [0, 0.1) is 0 Å². The zero-order valence-corrected chi connectivity index (χ0v) is 18.8. The maximum atomic E-state index is 12.9. The Labute approximate surface area is 197 Å². The second-order valence-corrected chi connectivity index (χ2v) is 8.70. The van der Waals surface area contributed by atoms with Crippen LogP contribution in [0.1, 0.15) is 56.8 Å². The van der Waals surface area contributed by atoms with Gasteiger partial charge in [-0.25, -0.2) is 0 Å². The molecule has 1 fully saturated rings. The quantitative estimate of drug-likeness (QED) is 0.567. The largest absolute Gasteiger partial charge is 0.339 e. The molecule has 1 N–H and O–H groups in total. The number of hydrogen-bond donors (Lipinski definition) is 1. The average Bonchev–Trinajstić information content (AvgIpc) is 3.39. The summed E-state index contributed by atoms with van der Waals surface area (Å²) in [4.78, 5) is 53.8. The van der Waals surface area contributed by atoms with Crippen molar-refractivity contribution in [3.05, 3.63) is 77.4 Å². The molecule has 34 heavy (non-hydrogen) atoms. The van der Waals surface area contributed by atoms with E-state index in [1.807, 2.05) is 29.2 Å². The first kappa shape index (κ1) is 21.8. The van der Waals surface area contributed by atoms with Crippen molar-refractivity contribution in [3.8, 4) is 0 Å². The number of rotatable bonds is 6. The predicted molar refractivity (Wildman–Crippen MR) is 129 cm³/mol. The first-order chi connectivity index (χ1) is 16.5. The number of hydrogen-bond acceptors (Lipinski definition) is 4. The second kappa shape index (κ2) is 9.09. The molecular formula is C27H25N3O4. The number of imide groups is 1. The third kappa shape index (κ3) is 4.05. The minimum atomic E-state index is -0.326. The summed E-state index contributed by atoms with van der Waals surface area (Å²) in [6, 6.07) is 17.7. The SMILES string of the molecule is O=C(CCCN1C(=O)c2cccc3cccc(c23)C1=O)Nc1ccc(C(=O)N2CCCC2)cc1. The molecule has 0 atom stereocenters. The number of likely N-dealkylation sites (tertiary alicyclic amines) is 1. The van der Waals surface area contributed by atoms with Gasteiger partial charge in [0, 0.05) is 53.8 Å². The van der Waals surface area contributed by atoms with Crippen molar-refractivity contribution in [1.82, 2.24) is 9.80 Å². The summed E-state index contributed by atoms with van der Waals surface area (Å²) < 4.78 is 0. The van der Waals surface area contributed by atoms with Gasteiger partial charge >= 0.3 is 0 Å². The van der Waals surface area contributed by atoms with Crippen LogP contribution in [0.4, 0.5) is 5.69 Å². The number of benzene rings is 3. The van der Waals surface area contributed by atoms with Gasteiger partial charge in [-0.15, -0.1) is 0 Å². The fourth-order valence-electron chi connectivity index (χ4n) is 4.70. The van der Waals surface area contributed by atoms with E-state index in [1.165, 1.54) is 4.90 Å². The van der Waals surface area contributed by atoms with Crippen molar-refractivity contribution in [2.45, 2.75) is 25.7 Å².